The number of pyridine rings is 4. The van der Waals surface area contributed by atoms with Crippen molar-refractivity contribution in [3.8, 4) is 78.7 Å². The van der Waals surface area contributed by atoms with Crippen LogP contribution < -0.4 is 38.1 Å². The SMILES string of the molecule is C[N+](C)=c1ccc2c(-c3ccccc3C(=O)OCCC[n+]3ccc(-c4cc[n+](Cc5ccccc5C[n+]5ccc(-c6cc[n+](CCCOC(=O)c7ccccc7-c7c8ccc(=[N+](C)C)cc-8oc8c7ccc7cccc(O)c78)cc6)cc5)cc4)cc3)c3ccc4cccc(O)c4c3oc-2c1. The van der Waals surface area contributed by atoms with E-state index < -0.39 is 11.9 Å². The monoisotopic (exact) mass is 1320 g/mol. The third kappa shape index (κ3) is 12.8. The molecule has 0 spiro atoms. The molecule has 0 amide bonds. The highest BCUT2D eigenvalue weighted by Crippen LogP contribution is 2.47. The number of rotatable bonds is 18. The lowest BCUT2D eigenvalue weighted by Gasteiger charge is -2.18. The van der Waals surface area contributed by atoms with Gasteiger partial charge in [-0.25, -0.2) is 37.0 Å². The lowest BCUT2D eigenvalue weighted by Crippen LogP contribution is -2.36. The first kappa shape index (κ1) is 63.6. The van der Waals surface area contributed by atoms with E-state index in [1.165, 1.54) is 11.1 Å². The molecule has 0 saturated heterocycles. The summed E-state index contributed by atoms with van der Waals surface area (Å²) in [6.07, 6.45) is 18.1. The molecule has 0 atom stereocenters. The molecule has 7 aromatic carbocycles. The third-order valence-electron chi connectivity index (χ3n) is 18.9. The first-order valence-corrected chi connectivity index (χ1v) is 33.7. The zero-order valence-corrected chi connectivity index (χ0v) is 56.1. The molecule has 2 aliphatic heterocycles. The van der Waals surface area contributed by atoms with E-state index in [4.69, 9.17) is 18.3 Å². The number of phenolic OH excluding ortho intramolecular Hbond substituents is 2. The van der Waals surface area contributed by atoms with Crippen molar-refractivity contribution in [1.82, 2.24) is 9.15 Å². The van der Waals surface area contributed by atoms with Gasteiger partial charge in [-0.05, 0) is 92.7 Å². The highest BCUT2D eigenvalue weighted by Gasteiger charge is 2.27. The highest BCUT2D eigenvalue weighted by molar-refractivity contribution is 6.17. The van der Waals surface area contributed by atoms with E-state index in [1.807, 2.05) is 171 Å². The summed E-state index contributed by atoms with van der Waals surface area (Å²) in [6, 6.07) is 71.7. The topological polar surface area (TPSA) is 141 Å². The summed E-state index contributed by atoms with van der Waals surface area (Å²) in [5.74, 6) is 0.711. The molecular weight excluding hydrogens is 1240 g/mol. The number of benzene rings is 9. The normalized spacial score (nSPS) is 11.5. The molecule has 2 N–H and O–H groups in total. The summed E-state index contributed by atoms with van der Waals surface area (Å²) >= 11 is 0. The summed E-state index contributed by atoms with van der Waals surface area (Å²) < 4.78 is 37.9. The summed E-state index contributed by atoms with van der Waals surface area (Å²) in [5, 5.41) is 28.6. The van der Waals surface area contributed by atoms with Crippen molar-refractivity contribution in [1.29, 1.82) is 0 Å². The smallest absolute Gasteiger partial charge is 0.338 e. The van der Waals surface area contributed by atoms with Crippen molar-refractivity contribution in [3.63, 3.8) is 0 Å². The Balaban J connectivity index is 0.539. The van der Waals surface area contributed by atoms with E-state index >= 15 is 0 Å². The Morgan fingerprint density at radius 2 is 0.760 bits per heavy atom. The molecule has 0 saturated carbocycles. The Morgan fingerprint density at radius 1 is 0.390 bits per heavy atom. The van der Waals surface area contributed by atoms with Gasteiger partial charge < -0.3 is 28.5 Å². The molecule has 14 heteroatoms. The zero-order chi connectivity index (χ0) is 68.4. The summed E-state index contributed by atoms with van der Waals surface area (Å²) in [6.45, 7) is 3.26. The van der Waals surface area contributed by atoms with Gasteiger partial charge in [-0.2, -0.15) is 0 Å². The number of aromatic nitrogens is 4. The number of ether oxygens (including phenoxy) is 2. The molecule has 2 aliphatic carbocycles. The fraction of sp³-hybridized carbons (Fsp3) is 0.140. The molecule has 0 fully saturated rings. The van der Waals surface area contributed by atoms with Crippen LogP contribution in [0.5, 0.6) is 11.5 Å². The van der Waals surface area contributed by atoms with Crippen molar-refractivity contribution in [2.24, 2.45) is 0 Å². The number of hydrogen-bond donors (Lipinski definition) is 2. The molecule has 0 radical (unpaired) electrons. The summed E-state index contributed by atoms with van der Waals surface area (Å²) in [7, 11) is 7.92. The third-order valence-corrected chi connectivity index (χ3v) is 18.9. The van der Waals surface area contributed by atoms with Gasteiger partial charge in [-0.3, -0.25) is 0 Å². The van der Waals surface area contributed by atoms with Crippen LogP contribution in [0.3, 0.4) is 0 Å². The largest absolute Gasteiger partial charge is 0.507 e. The molecular formula is C86H74N6O8+6. The van der Waals surface area contributed by atoms with Gasteiger partial charge in [0.15, 0.2) is 75.8 Å². The van der Waals surface area contributed by atoms with Crippen LogP contribution in [-0.2, 0) is 35.7 Å². The van der Waals surface area contributed by atoms with Crippen LogP contribution in [0.1, 0.15) is 44.7 Å². The second-order valence-corrected chi connectivity index (χ2v) is 25.7. The summed E-state index contributed by atoms with van der Waals surface area (Å²) in [5.41, 5.74) is 13.7. The van der Waals surface area contributed by atoms with E-state index in [2.05, 4.69) is 141 Å². The van der Waals surface area contributed by atoms with Crippen molar-refractivity contribution < 1.29 is 56.4 Å². The maximum Gasteiger partial charge on any atom is 0.338 e. The van der Waals surface area contributed by atoms with Gasteiger partial charge in [0.05, 0.1) is 47.2 Å². The molecule has 4 aliphatic rings. The van der Waals surface area contributed by atoms with Crippen LogP contribution in [0.15, 0.2) is 277 Å². The molecule has 11 aromatic rings. The van der Waals surface area contributed by atoms with Crippen LogP contribution in [0.2, 0.25) is 0 Å². The molecule has 14 nitrogen and oxygen atoms in total. The average molecular weight is 1320 g/mol. The van der Waals surface area contributed by atoms with Crippen LogP contribution in [-0.4, -0.2) is 63.6 Å². The van der Waals surface area contributed by atoms with E-state index in [0.717, 1.165) is 101 Å². The molecule has 15 rings (SSSR count). The summed E-state index contributed by atoms with van der Waals surface area (Å²) in [4.78, 5) is 28.1. The Kier molecular flexibility index (Phi) is 17.6. The number of phenols is 2. The molecule has 0 unspecified atom stereocenters. The van der Waals surface area contributed by atoms with Crippen LogP contribution in [0.4, 0.5) is 0 Å². The predicted molar refractivity (Wildman–Crippen MR) is 388 cm³/mol. The van der Waals surface area contributed by atoms with Gasteiger partial charge in [0.1, 0.15) is 62.4 Å². The average Bonchev–Trinajstić information content (AvgIpc) is 0.740. The van der Waals surface area contributed by atoms with Gasteiger partial charge in [-0.1, -0.05) is 97.1 Å². The van der Waals surface area contributed by atoms with E-state index in [-0.39, 0.29) is 24.7 Å². The van der Waals surface area contributed by atoms with Crippen molar-refractivity contribution in [3.05, 3.63) is 301 Å². The standard InChI is InChI=1S/C86H72N6O8/c1-87(2)65-27-31-71-77(53-65)99-83-73(29-25-61-17-11-23-75(93)79(61)83)81(71)67-19-7-9-21-69(67)85(95)97-51-13-41-89-43-33-57(34-44-89)59-37-47-91(48-38-59)55-63-15-5-6-16-64(63)56-92-49-39-60(40-50-92)58-35-45-90(46-36-58)42-14-52-98-86(96)70-22-10-8-20-68(70)82-72-32-28-66(88(3)4)54-78(72)100-84-74(82)30-26-62-18-12-24-76(94)80(62)84/h5-12,15-40,43-50,53-54H,13-14,41-42,51-52,55-56H2,1-4H3/q+4/p+2. The van der Waals surface area contributed by atoms with Crippen molar-refractivity contribution in [2.75, 3.05) is 41.4 Å². The minimum absolute atomic E-state index is 0.124. The minimum Gasteiger partial charge on any atom is -0.507 e. The Labute approximate surface area is 577 Å². The minimum atomic E-state index is -0.405. The van der Waals surface area contributed by atoms with E-state index in [9.17, 15) is 19.8 Å². The zero-order valence-electron chi connectivity index (χ0n) is 56.1. The number of hydrogen-bond acceptors (Lipinski definition) is 8. The number of fused-ring (bicyclic) bond motifs is 8. The van der Waals surface area contributed by atoms with Gasteiger partial charge in [-0.15, -0.1) is 0 Å². The number of nitrogens with zero attached hydrogens (tertiary/aromatic N) is 6. The molecule has 4 aromatic heterocycles. The second kappa shape index (κ2) is 27.6. The molecule has 6 heterocycles. The number of esters is 2. The van der Waals surface area contributed by atoms with Gasteiger partial charge in [0.2, 0.25) is 10.7 Å². The quantitative estimate of drug-likeness (QED) is 0.0284. The number of carbonyl (C=O) groups is 2. The van der Waals surface area contributed by atoms with Crippen LogP contribution in [0, 0.1) is 0 Å². The highest BCUT2D eigenvalue weighted by atomic mass is 16.5. The Morgan fingerprint density at radius 3 is 1.15 bits per heavy atom. The van der Waals surface area contributed by atoms with Crippen molar-refractivity contribution >= 4 is 55.4 Å². The Hall–Kier alpha value is -12.4. The maximum absolute atomic E-state index is 14.0. The lowest BCUT2D eigenvalue weighted by atomic mass is 9.89. The predicted octanol–water partition coefficient (Wildman–Crippen LogP) is 13.6. The fourth-order valence-corrected chi connectivity index (χ4v) is 13.6. The van der Waals surface area contributed by atoms with Gasteiger partial charge in [0.25, 0.3) is 0 Å². The van der Waals surface area contributed by atoms with Crippen LogP contribution >= 0.6 is 0 Å². The lowest BCUT2D eigenvalue weighted by molar-refractivity contribution is -0.697. The van der Waals surface area contributed by atoms with E-state index in [0.29, 0.717) is 70.5 Å². The van der Waals surface area contributed by atoms with Crippen molar-refractivity contribution in [2.45, 2.75) is 39.0 Å². The fourth-order valence-electron chi connectivity index (χ4n) is 13.6. The number of aryl methyl sites for hydroxylation is 2. The van der Waals surface area contributed by atoms with Gasteiger partial charge >= 0.3 is 11.9 Å². The maximum atomic E-state index is 14.0. The van der Waals surface area contributed by atoms with Crippen LogP contribution in [0.25, 0.3) is 111 Å². The number of aromatic hydroxyl groups is 2. The Bertz CT molecular complexity index is 5360. The number of carbonyl (C=O) groups excluding carboxylic acids is 2. The molecule has 0 bridgehead atoms. The molecule has 100 heavy (non-hydrogen) atoms. The van der Waals surface area contributed by atoms with Gasteiger partial charge in [0, 0.05) is 118 Å². The second-order valence-electron chi connectivity index (χ2n) is 25.7. The first-order chi connectivity index (χ1) is 48.9. The first-order valence-electron chi connectivity index (χ1n) is 33.7. The molecule has 490 valence electrons. The van der Waals surface area contributed by atoms with E-state index in [1.54, 1.807) is 12.1 Å².